The van der Waals surface area contributed by atoms with E-state index in [1.807, 2.05) is 24.0 Å². The molecule has 2 N–H and O–H groups in total. The molecule has 22 heavy (non-hydrogen) atoms. The number of aliphatic hydroxyl groups excluding tert-OH is 1. The van der Waals surface area contributed by atoms with E-state index in [1.165, 1.54) is 4.88 Å². The van der Waals surface area contributed by atoms with Crippen LogP contribution in [-0.4, -0.2) is 59.3 Å². The van der Waals surface area contributed by atoms with Gasteiger partial charge in [-0.2, -0.15) is 0 Å². The molecule has 2 fully saturated rings. The predicted octanol–water partition coefficient (Wildman–Crippen LogP) is 2.51. The van der Waals surface area contributed by atoms with Crippen molar-refractivity contribution in [3.8, 4) is 0 Å². The fraction of sp³-hybridized carbons (Fsp3) is 0.688. The topological polar surface area (TPSA) is 55.8 Å². The number of nitrogens with zero attached hydrogens (tertiary/aromatic N) is 2. The summed E-state index contributed by atoms with van der Waals surface area (Å²) in [6.07, 6.45) is 4.35. The van der Waals surface area contributed by atoms with Crippen molar-refractivity contribution in [2.24, 2.45) is 0 Å². The van der Waals surface area contributed by atoms with Crippen LogP contribution in [0.4, 0.5) is 9.80 Å². The lowest BCUT2D eigenvalue weighted by atomic mass is 10.2. The second-order valence-electron chi connectivity index (χ2n) is 6.30. The Morgan fingerprint density at radius 1 is 1.32 bits per heavy atom. The highest BCUT2D eigenvalue weighted by Gasteiger charge is 2.33. The standard InChI is InChI=1S/C16H25N3O2S/c1-12-6-7-15(22-12)17-16(21)19-9-3-4-13(19)10-18-8-2-5-14(18)11-20/h6-7,13-14,20H,2-5,8-11H2,1H3,(H,17,21)/t13-,14-/m0/s1. The number of hydrogen-bond donors (Lipinski definition) is 2. The Labute approximate surface area is 135 Å². The number of likely N-dealkylation sites (tertiary alicyclic amines) is 2. The number of urea groups is 1. The van der Waals surface area contributed by atoms with E-state index in [1.54, 1.807) is 11.3 Å². The van der Waals surface area contributed by atoms with Gasteiger partial charge in [-0.05, 0) is 51.3 Å². The number of amides is 2. The van der Waals surface area contributed by atoms with Gasteiger partial charge in [0.15, 0.2) is 0 Å². The van der Waals surface area contributed by atoms with E-state index in [4.69, 9.17) is 0 Å². The first-order valence-corrected chi connectivity index (χ1v) is 8.98. The highest BCUT2D eigenvalue weighted by atomic mass is 32.1. The third kappa shape index (κ3) is 3.45. The minimum Gasteiger partial charge on any atom is -0.395 e. The Kier molecular flexibility index (Phi) is 5.00. The minimum absolute atomic E-state index is 0.0177. The number of aryl methyl sites for hydroxylation is 1. The molecule has 3 rings (SSSR count). The van der Waals surface area contributed by atoms with Gasteiger partial charge in [0.05, 0.1) is 11.6 Å². The fourth-order valence-corrected chi connectivity index (χ4v) is 4.34. The highest BCUT2D eigenvalue weighted by molar-refractivity contribution is 7.16. The first kappa shape index (κ1) is 15.8. The van der Waals surface area contributed by atoms with Crippen molar-refractivity contribution in [1.82, 2.24) is 9.80 Å². The number of anilines is 1. The predicted molar refractivity (Wildman–Crippen MR) is 89.5 cm³/mol. The van der Waals surface area contributed by atoms with Crippen LogP contribution in [-0.2, 0) is 0 Å². The first-order valence-electron chi connectivity index (χ1n) is 8.16. The smallest absolute Gasteiger partial charge is 0.322 e. The summed E-state index contributed by atoms with van der Waals surface area (Å²) in [4.78, 5) is 18.0. The normalized spacial score (nSPS) is 25.8. The second kappa shape index (κ2) is 6.98. The summed E-state index contributed by atoms with van der Waals surface area (Å²) in [5, 5.41) is 13.4. The SMILES string of the molecule is Cc1ccc(NC(=O)N2CCC[C@H]2CN2CCC[C@H]2CO)s1. The Hall–Kier alpha value is -1.11. The number of carbonyl (C=O) groups excluding carboxylic acids is 1. The van der Waals surface area contributed by atoms with E-state index in [0.717, 1.165) is 50.3 Å². The second-order valence-corrected chi connectivity index (χ2v) is 7.59. The minimum atomic E-state index is 0.0177. The molecule has 0 spiro atoms. The number of rotatable bonds is 4. The van der Waals surface area contributed by atoms with Gasteiger partial charge in [-0.25, -0.2) is 4.79 Å². The van der Waals surface area contributed by atoms with Gasteiger partial charge in [0.2, 0.25) is 0 Å². The molecule has 2 aliphatic rings. The van der Waals surface area contributed by atoms with Crippen molar-refractivity contribution in [1.29, 1.82) is 0 Å². The van der Waals surface area contributed by atoms with Gasteiger partial charge in [0.1, 0.15) is 0 Å². The van der Waals surface area contributed by atoms with Crippen molar-refractivity contribution in [2.45, 2.75) is 44.7 Å². The van der Waals surface area contributed by atoms with E-state index >= 15 is 0 Å². The summed E-state index contributed by atoms with van der Waals surface area (Å²) < 4.78 is 0. The fourth-order valence-electron chi connectivity index (χ4n) is 3.58. The maximum atomic E-state index is 12.5. The lowest BCUT2D eigenvalue weighted by Crippen LogP contribution is -2.46. The largest absolute Gasteiger partial charge is 0.395 e. The number of aliphatic hydroxyl groups is 1. The molecule has 0 bridgehead atoms. The van der Waals surface area contributed by atoms with Crippen LogP contribution in [0.1, 0.15) is 30.6 Å². The van der Waals surface area contributed by atoms with E-state index < -0.39 is 0 Å². The van der Waals surface area contributed by atoms with Crippen molar-refractivity contribution in [3.63, 3.8) is 0 Å². The maximum absolute atomic E-state index is 12.5. The summed E-state index contributed by atoms with van der Waals surface area (Å²) >= 11 is 1.61. The monoisotopic (exact) mass is 323 g/mol. The molecule has 2 amide bonds. The Bertz CT molecular complexity index is 519. The summed E-state index contributed by atoms with van der Waals surface area (Å²) in [6.45, 7) is 5.04. The van der Waals surface area contributed by atoms with Crippen LogP contribution >= 0.6 is 11.3 Å². The van der Waals surface area contributed by atoms with Crippen LogP contribution in [0.25, 0.3) is 0 Å². The zero-order chi connectivity index (χ0) is 15.5. The zero-order valence-corrected chi connectivity index (χ0v) is 13.9. The van der Waals surface area contributed by atoms with E-state index in [-0.39, 0.29) is 24.7 Å². The molecule has 122 valence electrons. The number of carbonyl (C=O) groups is 1. The summed E-state index contributed by atoms with van der Waals surface area (Å²) in [5.74, 6) is 0. The molecule has 0 aromatic carbocycles. The number of nitrogens with one attached hydrogen (secondary N) is 1. The van der Waals surface area contributed by atoms with Gasteiger partial charge in [-0.1, -0.05) is 0 Å². The van der Waals surface area contributed by atoms with Crippen LogP contribution < -0.4 is 5.32 Å². The van der Waals surface area contributed by atoms with Crippen LogP contribution in [0.15, 0.2) is 12.1 Å². The maximum Gasteiger partial charge on any atom is 0.322 e. The van der Waals surface area contributed by atoms with Gasteiger partial charge in [0, 0.05) is 30.1 Å². The molecule has 1 aromatic rings. The van der Waals surface area contributed by atoms with Gasteiger partial charge in [0.25, 0.3) is 0 Å². The molecule has 0 radical (unpaired) electrons. The molecule has 2 saturated heterocycles. The molecule has 0 unspecified atom stereocenters. The Morgan fingerprint density at radius 3 is 2.82 bits per heavy atom. The molecule has 3 heterocycles. The molecule has 0 saturated carbocycles. The van der Waals surface area contributed by atoms with Crippen LogP contribution in [0.2, 0.25) is 0 Å². The molecule has 6 heteroatoms. The average Bonchev–Trinajstić information content (AvgIpc) is 3.21. The van der Waals surface area contributed by atoms with Crippen molar-refractivity contribution in [2.75, 3.05) is 31.6 Å². The van der Waals surface area contributed by atoms with Gasteiger partial charge in [-0.3, -0.25) is 10.2 Å². The van der Waals surface area contributed by atoms with E-state index in [0.29, 0.717) is 0 Å². The zero-order valence-electron chi connectivity index (χ0n) is 13.1. The molecule has 1 aromatic heterocycles. The number of thiophene rings is 1. The van der Waals surface area contributed by atoms with E-state index in [2.05, 4.69) is 10.2 Å². The summed E-state index contributed by atoms with van der Waals surface area (Å²) in [7, 11) is 0. The molecule has 5 nitrogen and oxygen atoms in total. The van der Waals surface area contributed by atoms with Gasteiger partial charge >= 0.3 is 6.03 Å². The Morgan fingerprint density at radius 2 is 2.09 bits per heavy atom. The third-order valence-corrected chi connectivity index (χ3v) is 5.68. The average molecular weight is 323 g/mol. The quantitative estimate of drug-likeness (QED) is 0.895. The summed E-state index contributed by atoms with van der Waals surface area (Å²) in [5.41, 5.74) is 0. The summed E-state index contributed by atoms with van der Waals surface area (Å²) in [6, 6.07) is 4.56. The van der Waals surface area contributed by atoms with Crippen molar-refractivity contribution < 1.29 is 9.90 Å². The van der Waals surface area contributed by atoms with Crippen LogP contribution in [0.3, 0.4) is 0 Å². The van der Waals surface area contributed by atoms with Gasteiger partial charge in [-0.15, -0.1) is 11.3 Å². The molecule has 0 aliphatic carbocycles. The molecule has 2 atom stereocenters. The lowest BCUT2D eigenvalue weighted by Gasteiger charge is -2.31. The molecular weight excluding hydrogens is 298 g/mol. The van der Waals surface area contributed by atoms with Gasteiger partial charge < -0.3 is 10.0 Å². The van der Waals surface area contributed by atoms with E-state index in [9.17, 15) is 9.90 Å². The van der Waals surface area contributed by atoms with Crippen molar-refractivity contribution >= 4 is 22.4 Å². The number of hydrogen-bond acceptors (Lipinski definition) is 4. The first-order chi connectivity index (χ1) is 10.7. The van der Waals surface area contributed by atoms with Crippen LogP contribution in [0, 0.1) is 6.92 Å². The highest BCUT2D eigenvalue weighted by Crippen LogP contribution is 2.26. The Balaban J connectivity index is 1.59. The van der Waals surface area contributed by atoms with Crippen molar-refractivity contribution in [3.05, 3.63) is 17.0 Å². The lowest BCUT2D eigenvalue weighted by molar-refractivity contribution is 0.130. The molecule has 2 aliphatic heterocycles. The third-order valence-electron chi connectivity index (χ3n) is 4.76. The van der Waals surface area contributed by atoms with Crippen LogP contribution in [0.5, 0.6) is 0 Å². The molecular formula is C16H25N3O2S.